The Kier molecular flexibility index (Phi) is 8.88. The maximum atomic E-state index is 10.9. The molecule has 0 aromatic rings. The molecule has 0 saturated carbocycles. The molecule has 0 aromatic heterocycles. The van der Waals surface area contributed by atoms with Crippen molar-refractivity contribution in [1.29, 1.82) is 0 Å². The van der Waals surface area contributed by atoms with E-state index < -0.39 is 47.5 Å². The lowest BCUT2D eigenvalue weighted by Crippen LogP contribution is -2.36. The minimum Gasteiger partial charge on any atom is -0.481 e. The summed E-state index contributed by atoms with van der Waals surface area (Å²) in [6, 6.07) is 0. The Balaban J connectivity index is 0.000000280. The van der Waals surface area contributed by atoms with E-state index in [0.717, 1.165) is 6.42 Å². The molecule has 0 spiro atoms. The van der Waals surface area contributed by atoms with Crippen LogP contribution >= 0.6 is 0 Å². The standard InChI is InChI=1S/2C10H14O4/c1-2-6-3-4-7(9(11)12)8(5-6)10(13)14;1-2-6-4-3-5-7(9(11)12)8(6)10(13)14/h3-4,6-8H,2,5H2,1H3,(H,11,12)(H,13,14);3,5-8H,2,4H2,1H3,(H,11,12)(H,13,14). The van der Waals surface area contributed by atoms with Gasteiger partial charge in [-0.25, -0.2) is 0 Å². The molecule has 0 bridgehead atoms. The predicted molar refractivity (Wildman–Crippen MR) is 99.6 cm³/mol. The summed E-state index contributed by atoms with van der Waals surface area (Å²) in [5.41, 5.74) is 0. The zero-order valence-corrected chi connectivity index (χ0v) is 16.0. The van der Waals surface area contributed by atoms with Crippen molar-refractivity contribution in [2.24, 2.45) is 35.5 Å². The molecule has 0 saturated heterocycles. The van der Waals surface area contributed by atoms with Crippen molar-refractivity contribution in [3.8, 4) is 0 Å². The molecule has 0 aliphatic heterocycles. The van der Waals surface area contributed by atoms with Crippen LogP contribution in [-0.2, 0) is 19.2 Å². The first kappa shape index (κ1) is 23.4. The number of allylic oxidation sites excluding steroid dienone is 2. The molecule has 156 valence electrons. The third-order valence-corrected chi connectivity index (χ3v) is 5.48. The van der Waals surface area contributed by atoms with Gasteiger partial charge in [-0.1, -0.05) is 44.6 Å². The Labute approximate surface area is 163 Å². The van der Waals surface area contributed by atoms with Crippen molar-refractivity contribution in [2.45, 2.75) is 39.5 Å². The van der Waals surface area contributed by atoms with Gasteiger partial charge in [-0.2, -0.15) is 0 Å². The molecule has 2 rings (SSSR count). The smallest absolute Gasteiger partial charge is 0.311 e. The van der Waals surface area contributed by atoms with E-state index in [9.17, 15) is 19.2 Å². The molecule has 0 fully saturated rings. The van der Waals surface area contributed by atoms with Crippen LogP contribution < -0.4 is 0 Å². The lowest BCUT2D eigenvalue weighted by atomic mass is 9.74. The molecule has 6 atom stereocenters. The van der Waals surface area contributed by atoms with Gasteiger partial charge in [-0.15, -0.1) is 0 Å². The van der Waals surface area contributed by atoms with Crippen molar-refractivity contribution in [1.82, 2.24) is 0 Å². The molecule has 2 aliphatic carbocycles. The SMILES string of the molecule is CCC1C=CC(C(=O)O)C(C(=O)O)C1.CCC1CC=CC(C(=O)O)C1C(=O)O. The van der Waals surface area contributed by atoms with Crippen molar-refractivity contribution in [3.63, 3.8) is 0 Å². The van der Waals surface area contributed by atoms with Crippen molar-refractivity contribution < 1.29 is 39.6 Å². The van der Waals surface area contributed by atoms with Crippen LogP contribution in [0, 0.1) is 35.5 Å². The largest absolute Gasteiger partial charge is 0.481 e. The van der Waals surface area contributed by atoms with E-state index in [-0.39, 0.29) is 11.8 Å². The average molecular weight is 396 g/mol. The highest BCUT2D eigenvalue weighted by Crippen LogP contribution is 2.33. The van der Waals surface area contributed by atoms with Crippen LogP contribution in [-0.4, -0.2) is 44.3 Å². The first-order valence-corrected chi connectivity index (χ1v) is 9.40. The molecule has 6 unspecified atom stereocenters. The van der Waals surface area contributed by atoms with Gasteiger partial charge in [0.25, 0.3) is 0 Å². The Hall–Kier alpha value is -2.64. The molecular weight excluding hydrogens is 368 g/mol. The lowest BCUT2D eigenvalue weighted by Gasteiger charge is -2.28. The van der Waals surface area contributed by atoms with Gasteiger partial charge in [0, 0.05) is 0 Å². The van der Waals surface area contributed by atoms with Crippen molar-refractivity contribution in [2.75, 3.05) is 0 Å². The summed E-state index contributed by atoms with van der Waals surface area (Å²) in [7, 11) is 0. The van der Waals surface area contributed by atoms with Crippen LogP contribution in [0.15, 0.2) is 24.3 Å². The van der Waals surface area contributed by atoms with Crippen LogP contribution in [0.2, 0.25) is 0 Å². The van der Waals surface area contributed by atoms with Crippen LogP contribution in [0.3, 0.4) is 0 Å². The van der Waals surface area contributed by atoms with Crippen LogP contribution in [0.1, 0.15) is 39.5 Å². The minimum absolute atomic E-state index is 0.0569. The second-order valence-corrected chi connectivity index (χ2v) is 7.16. The van der Waals surface area contributed by atoms with Crippen LogP contribution in [0.4, 0.5) is 0 Å². The number of carboxylic acids is 4. The Morgan fingerprint density at radius 1 is 0.786 bits per heavy atom. The molecule has 28 heavy (non-hydrogen) atoms. The molecule has 2 aliphatic rings. The summed E-state index contributed by atoms with van der Waals surface area (Å²) < 4.78 is 0. The number of carboxylic acid groups (broad SMARTS) is 4. The first-order chi connectivity index (χ1) is 13.1. The summed E-state index contributed by atoms with van der Waals surface area (Å²) in [6.45, 7) is 3.85. The first-order valence-electron chi connectivity index (χ1n) is 9.40. The molecule has 0 aromatic carbocycles. The van der Waals surface area contributed by atoms with Gasteiger partial charge in [0.15, 0.2) is 0 Å². The number of rotatable bonds is 6. The van der Waals surface area contributed by atoms with Gasteiger partial charge >= 0.3 is 23.9 Å². The van der Waals surface area contributed by atoms with E-state index in [4.69, 9.17) is 20.4 Å². The zero-order valence-electron chi connectivity index (χ0n) is 16.0. The van der Waals surface area contributed by atoms with Crippen LogP contribution in [0.25, 0.3) is 0 Å². The fourth-order valence-corrected chi connectivity index (χ4v) is 3.75. The molecular formula is C20H28O8. The minimum atomic E-state index is -1.05. The van der Waals surface area contributed by atoms with Gasteiger partial charge in [-0.3, -0.25) is 19.2 Å². The Morgan fingerprint density at radius 2 is 1.39 bits per heavy atom. The molecule has 0 amide bonds. The summed E-state index contributed by atoms with van der Waals surface area (Å²) in [6.07, 6.45) is 9.24. The van der Waals surface area contributed by atoms with Gasteiger partial charge in [-0.05, 0) is 31.1 Å². The van der Waals surface area contributed by atoms with E-state index in [2.05, 4.69) is 0 Å². The fraction of sp³-hybridized carbons (Fsp3) is 0.600. The summed E-state index contributed by atoms with van der Waals surface area (Å²) >= 11 is 0. The Morgan fingerprint density at radius 3 is 1.82 bits per heavy atom. The second kappa shape index (κ2) is 10.6. The predicted octanol–water partition coefficient (Wildman–Crippen LogP) is 2.75. The molecule has 0 heterocycles. The highest BCUT2D eigenvalue weighted by molar-refractivity contribution is 5.82. The van der Waals surface area contributed by atoms with Gasteiger partial charge in [0.05, 0.1) is 23.7 Å². The van der Waals surface area contributed by atoms with Crippen LogP contribution in [0.5, 0.6) is 0 Å². The summed E-state index contributed by atoms with van der Waals surface area (Å²) in [4.78, 5) is 43.3. The number of hydrogen-bond donors (Lipinski definition) is 4. The highest BCUT2D eigenvalue weighted by atomic mass is 16.4. The van der Waals surface area contributed by atoms with Crippen molar-refractivity contribution >= 4 is 23.9 Å². The maximum Gasteiger partial charge on any atom is 0.311 e. The Bertz CT molecular complexity index is 651. The molecule has 8 heteroatoms. The number of carbonyl (C=O) groups is 4. The second-order valence-electron chi connectivity index (χ2n) is 7.16. The van der Waals surface area contributed by atoms with Gasteiger partial charge in [0.1, 0.15) is 0 Å². The van der Waals surface area contributed by atoms with Gasteiger partial charge in [0.2, 0.25) is 0 Å². The average Bonchev–Trinajstić information content (AvgIpc) is 2.66. The van der Waals surface area contributed by atoms with E-state index in [1.807, 2.05) is 19.9 Å². The van der Waals surface area contributed by atoms with Gasteiger partial charge < -0.3 is 20.4 Å². The third kappa shape index (κ3) is 5.94. The maximum absolute atomic E-state index is 10.9. The zero-order chi connectivity index (χ0) is 21.4. The monoisotopic (exact) mass is 396 g/mol. The summed E-state index contributed by atoms with van der Waals surface area (Å²) in [5.74, 6) is -7.26. The normalized spacial score (nSPS) is 31.4. The molecule has 0 radical (unpaired) electrons. The van der Waals surface area contributed by atoms with E-state index in [1.165, 1.54) is 12.2 Å². The molecule has 4 N–H and O–H groups in total. The lowest BCUT2D eigenvalue weighted by molar-refractivity contribution is -0.154. The fourth-order valence-electron chi connectivity index (χ4n) is 3.75. The van der Waals surface area contributed by atoms with E-state index in [0.29, 0.717) is 19.3 Å². The third-order valence-electron chi connectivity index (χ3n) is 5.48. The highest BCUT2D eigenvalue weighted by Gasteiger charge is 2.39. The number of aliphatic carboxylic acids is 4. The molecule has 8 nitrogen and oxygen atoms in total. The van der Waals surface area contributed by atoms with E-state index in [1.54, 1.807) is 6.08 Å². The van der Waals surface area contributed by atoms with E-state index >= 15 is 0 Å². The topological polar surface area (TPSA) is 149 Å². The quantitative estimate of drug-likeness (QED) is 0.501. The number of hydrogen-bond acceptors (Lipinski definition) is 4. The summed E-state index contributed by atoms with van der Waals surface area (Å²) in [5, 5.41) is 35.5. The van der Waals surface area contributed by atoms with Crippen molar-refractivity contribution in [3.05, 3.63) is 24.3 Å².